The van der Waals surface area contributed by atoms with Gasteiger partial charge in [-0.25, -0.2) is 4.98 Å². The van der Waals surface area contributed by atoms with Crippen molar-refractivity contribution in [3.05, 3.63) is 44.8 Å². The largest absolute Gasteiger partial charge is 0.369 e. The number of pyridine rings is 1. The SMILES string of the molecule is CCNc1nc(Sc2ccc(Br)cc2)c(Cl)cc1Cl. The first-order valence-electron chi connectivity index (χ1n) is 5.63. The summed E-state index contributed by atoms with van der Waals surface area (Å²) in [6, 6.07) is 9.70. The van der Waals surface area contributed by atoms with Crippen LogP contribution in [0.2, 0.25) is 10.0 Å². The van der Waals surface area contributed by atoms with Crippen molar-refractivity contribution >= 4 is 56.7 Å². The standard InChI is InChI=1S/C13H11BrCl2N2S/c1-2-17-12-10(15)7-11(16)13(18-12)19-9-5-3-8(14)4-6-9/h3-7H,2H2,1H3,(H,17,18). The molecular weight excluding hydrogens is 367 g/mol. The van der Waals surface area contributed by atoms with Gasteiger partial charge < -0.3 is 5.32 Å². The minimum absolute atomic E-state index is 0.534. The minimum atomic E-state index is 0.534. The molecule has 2 rings (SSSR count). The number of aromatic nitrogens is 1. The Hall–Kier alpha value is -0.420. The molecule has 0 unspecified atom stereocenters. The summed E-state index contributed by atoms with van der Waals surface area (Å²) < 4.78 is 1.04. The third-order valence-corrected chi connectivity index (χ3v) is 4.50. The van der Waals surface area contributed by atoms with Crippen LogP contribution in [-0.2, 0) is 0 Å². The molecule has 0 bridgehead atoms. The van der Waals surface area contributed by atoms with Gasteiger partial charge in [0.15, 0.2) is 0 Å². The third kappa shape index (κ3) is 4.02. The molecule has 19 heavy (non-hydrogen) atoms. The molecule has 1 aromatic heterocycles. The first kappa shape index (κ1) is 15.0. The molecule has 0 aliphatic carbocycles. The van der Waals surface area contributed by atoms with Gasteiger partial charge in [0.05, 0.1) is 10.0 Å². The average Bonchev–Trinajstić information content (AvgIpc) is 2.38. The van der Waals surface area contributed by atoms with Gasteiger partial charge >= 0.3 is 0 Å². The van der Waals surface area contributed by atoms with Gasteiger partial charge in [0, 0.05) is 15.9 Å². The number of hydrogen-bond donors (Lipinski definition) is 1. The molecule has 2 nitrogen and oxygen atoms in total. The molecule has 1 heterocycles. The number of rotatable bonds is 4. The summed E-state index contributed by atoms with van der Waals surface area (Å²) in [4.78, 5) is 5.53. The topological polar surface area (TPSA) is 24.9 Å². The number of halogens is 3. The molecule has 0 radical (unpaired) electrons. The van der Waals surface area contributed by atoms with E-state index >= 15 is 0 Å². The lowest BCUT2D eigenvalue weighted by Gasteiger charge is -2.09. The Balaban J connectivity index is 2.28. The monoisotopic (exact) mass is 376 g/mol. The zero-order valence-electron chi connectivity index (χ0n) is 10.1. The first-order valence-corrected chi connectivity index (χ1v) is 8.00. The predicted molar refractivity (Wildman–Crippen MR) is 86.7 cm³/mol. The molecule has 2 aromatic rings. The molecule has 0 saturated heterocycles. The van der Waals surface area contributed by atoms with Crippen molar-refractivity contribution < 1.29 is 0 Å². The van der Waals surface area contributed by atoms with Crippen LogP contribution in [0.15, 0.2) is 44.7 Å². The lowest BCUT2D eigenvalue weighted by atomic mass is 10.4. The Kier molecular flexibility index (Phi) is 5.39. The highest BCUT2D eigenvalue weighted by molar-refractivity contribution is 9.10. The van der Waals surface area contributed by atoms with Gasteiger partial charge in [-0.15, -0.1) is 0 Å². The van der Waals surface area contributed by atoms with E-state index in [1.807, 2.05) is 31.2 Å². The van der Waals surface area contributed by atoms with E-state index in [-0.39, 0.29) is 0 Å². The Morgan fingerprint density at radius 2 is 1.89 bits per heavy atom. The second kappa shape index (κ2) is 6.84. The molecule has 0 saturated carbocycles. The minimum Gasteiger partial charge on any atom is -0.369 e. The predicted octanol–water partition coefficient (Wildman–Crippen LogP) is 5.73. The number of anilines is 1. The molecule has 0 aliphatic heterocycles. The molecule has 1 N–H and O–H groups in total. The summed E-state index contributed by atoms with van der Waals surface area (Å²) in [5.74, 6) is 0.660. The maximum Gasteiger partial charge on any atom is 0.146 e. The van der Waals surface area contributed by atoms with Crippen LogP contribution < -0.4 is 5.32 Å². The molecular formula is C13H11BrCl2N2S. The van der Waals surface area contributed by atoms with Gasteiger partial charge in [-0.1, -0.05) is 50.9 Å². The smallest absolute Gasteiger partial charge is 0.146 e. The van der Waals surface area contributed by atoms with Gasteiger partial charge in [-0.3, -0.25) is 0 Å². The van der Waals surface area contributed by atoms with Crippen molar-refractivity contribution in [1.29, 1.82) is 0 Å². The van der Waals surface area contributed by atoms with Crippen molar-refractivity contribution in [1.82, 2.24) is 4.98 Å². The van der Waals surface area contributed by atoms with E-state index in [0.29, 0.717) is 15.9 Å². The van der Waals surface area contributed by atoms with Crippen LogP contribution in [0.1, 0.15) is 6.92 Å². The Bertz CT molecular complexity index is 576. The van der Waals surface area contributed by atoms with Crippen LogP contribution in [0.5, 0.6) is 0 Å². The summed E-state index contributed by atoms with van der Waals surface area (Å²) in [5.41, 5.74) is 0. The van der Waals surface area contributed by atoms with Crippen LogP contribution >= 0.6 is 50.9 Å². The summed E-state index contributed by atoms with van der Waals surface area (Å²) in [6.45, 7) is 2.75. The molecule has 0 aliphatic rings. The maximum atomic E-state index is 6.18. The van der Waals surface area contributed by atoms with Gasteiger partial charge in [-0.05, 0) is 37.3 Å². The Morgan fingerprint density at radius 3 is 2.53 bits per heavy atom. The lowest BCUT2D eigenvalue weighted by molar-refractivity contribution is 1.08. The first-order chi connectivity index (χ1) is 9.10. The van der Waals surface area contributed by atoms with Crippen LogP contribution in [0.4, 0.5) is 5.82 Å². The highest BCUT2D eigenvalue weighted by Gasteiger charge is 2.10. The van der Waals surface area contributed by atoms with Gasteiger partial charge in [0.2, 0.25) is 0 Å². The number of benzene rings is 1. The number of hydrogen-bond acceptors (Lipinski definition) is 3. The van der Waals surface area contributed by atoms with E-state index in [2.05, 4.69) is 26.2 Å². The molecule has 1 aromatic carbocycles. The fourth-order valence-corrected chi connectivity index (χ4v) is 3.02. The van der Waals surface area contributed by atoms with Crippen molar-refractivity contribution in [2.24, 2.45) is 0 Å². The van der Waals surface area contributed by atoms with E-state index in [4.69, 9.17) is 23.2 Å². The maximum absolute atomic E-state index is 6.18. The zero-order valence-corrected chi connectivity index (χ0v) is 14.0. The van der Waals surface area contributed by atoms with Crippen LogP contribution in [-0.4, -0.2) is 11.5 Å². The molecule has 0 spiro atoms. The molecule has 6 heteroatoms. The normalized spacial score (nSPS) is 10.5. The molecule has 100 valence electrons. The van der Waals surface area contributed by atoms with Crippen molar-refractivity contribution in [2.75, 3.05) is 11.9 Å². The van der Waals surface area contributed by atoms with Gasteiger partial charge in [-0.2, -0.15) is 0 Å². The van der Waals surface area contributed by atoms with E-state index in [0.717, 1.165) is 20.9 Å². The van der Waals surface area contributed by atoms with Crippen molar-refractivity contribution in [2.45, 2.75) is 16.8 Å². The van der Waals surface area contributed by atoms with Crippen molar-refractivity contribution in [3.63, 3.8) is 0 Å². The summed E-state index contributed by atoms with van der Waals surface area (Å²) in [6.07, 6.45) is 0. The van der Waals surface area contributed by atoms with Crippen LogP contribution in [0, 0.1) is 0 Å². The summed E-state index contributed by atoms with van der Waals surface area (Å²) in [5, 5.41) is 4.95. The Morgan fingerprint density at radius 1 is 1.21 bits per heavy atom. The quantitative estimate of drug-likeness (QED) is 0.735. The van der Waals surface area contributed by atoms with E-state index in [9.17, 15) is 0 Å². The molecule has 0 fully saturated rings. The summed E-state index contributed by atoms with van der Waals surface area (Å²) >= 11 is 17.2. The van der Waals surface area contributed by atoms with Gasteiger partial charge in [0.25, 0.3) is 0 Å². The van der Waals surface area contributed by atoms with E-state index < -0.39 is 0 Å². The lowest BCUT2D eigenvalue weighted by Crippen LogP contribution is -2.00. The fraction of sp³-hybridized carbons (Fsp3) is 0.154. The average molecular weight is 378 g/mol. The van der Waals surface area contributed by atoms with E-state index in [1.54, 1.807) is 6.07 Å². The molecule has 0 amide bonds. The van der Waals surface area contributed by atoms with Gasteiger partial charge in [0.1, 0.15) is 10.8 Å². The second-order valence-corrected chi connectivity index (χ2v) is 6.48. The van der Waals surface area contributed by atoms with Crippen LogP contribution in [0.3, 0.4) is 0 Å². The Labute approximate surface area is 135 Å². The van der Waals surface area contributed by atoms with Crippen LogP contribution in [0.25, 0.3) is 0 Å². The zero-order chi connectivity index (χ0) is 13.8. The number of nitrogens with one attached hydrogen (secondary N) is 1. The number of nitrogens with zero attached hydrogens (tertiary/aromatic N) is 1. The second-order valence-electron chi connectivity index (χ2n) is 3.69. The highest BCUT2D eigenvalue weighted by Crippen LogP contribution is 2.36. The molecule has 0 atom stereocenters. The fourth-order valence-electron chi connectivity index (χ4n) is 1.43. The van der Waals surface area contributed by atoms with E-state index in [1.165, 1.54) is 11.8 Å². The summed E-state index contributed by atoms with van der Waals surface area (Å²) in [7, 11) is 0. The highest BCUT2D eigenvalue weighted by atomic mass is 79.9. The van der Waals surface area contributed by atoms with Crippen molar-refractivity contribution in [3.8, 4) is 0 Å². The third-order valence-electron chi connectivity index (χ3n) is 2.27.